The smallest absolute Gasteiger partial charge is 0.145 e. The number of benzene rings is 1. The zero-order chi connectivity index (χ0) is 16.1. The Hall–Kier alpha value is -2.82. The van der Waals surface area contributed by atoms with Crippen LogP contribution in [0.1, 0.15) is 5.69 Å². The molecule has 118 valence electrons. The minimum atomic E-state index is 0.554. The minimum absolute atomic E-state index is 0.554. The standard InChI is InChI=1S/C18H19N3O2/c1-13-11-16(15-6-3-7-17(22-2)18(15)21-13)20-9-10-23-14-5-4-8-19-12-14/h3-8,11-12H,9-10H2,1-2H3,(H,20,21). The molecule has 3 rings (SSSR count). The lowest BCUT2D eigenvalue weighted by atomic mass is 10.1. The molecule has 0 unspecified atom stereocenters. The summed E-state index contributed by atoms with van der Waals surface area (Å²) in [5, 5.41) is 4.45. The summed E-state index contributed by atoms with van der Waals surface area (Å²) in [4.78, 5) is 8.60. The van der Waals surface area contributed by atoms with Gasteiger partial charge in [-0.15, -0.1) is 0 Å². The SMILES string of the molecule is COc1cccc2c(NCCOc3cccnc3)cc(C)nc12. The summed E-state index contributed by atoms with van der Waals surface area (Å²) in [6.07, 6.45) is 3.43. The van der Waals surface area contributed by atoms with Gasteiger partial charge in [0.15, 0.2) is 0 Å². The van der Waals surface area contributed by atoms with Crippen molar-refractivity contribution in [1.82, 2.24) is 9.97 Å². The largest absolute Gasteiger partial charge is 0.494 e. The second-order valence-corrected chi connectivity index (χ2v) is 5.13. The van der Waals surface area contributed by atoms with Crippen LogP contribution in [0.4, 0.5) is 5.69 Å². The fraction of sp³-hybridized carbons (Fsp3) is 0.222. The zero-order valence-electron chi connectivity index (χ0n) is 13.2. The normalized spacial score (nSPS) is 10.5. The van der Waals surface area contributed by atoms with E-state index in [0.29, 0.717) is 13.2 Å². The number of rotatable bonds is 6. The minimum Gasteiger partial charge on any atom is -0.494 e. The molecule has 2 heterocycles. The lowest BCUT2D eigenvalue weighted by molar-refractivity contribution is 0.331. The Bertz CT molecular complexity index is 791. The Labute approximate surface area is 135 Å². The Balaban J connectivity index is 1.72. The molecule has 0 saturated carbocycles. The van der Waals surface area contributed by atoms with Crippen molar-refractivity contribution in [2.45, 2.75) is 6.92 Å². The molecule has 2 aromatic heterocycles. The molecule has 0 aliphatic heterocycles. The number of pyridine rings is 2. The highest BCUT2D eigenvalue weighted by Gasteiger charge is 2.08. The number of para-hydroxylation sites is 1. The fourth-order valence-corrected chi connectivity index (χ4v) is 2.45. The van der Waals surface area contributed by atoms with Crippen molar-refractivity contribution in [3.63, 3.8) is 0 Å². The van der Waals surface area contributed by atoms with Crippen molar-refractivity contribution in [3.8, 4) is 11.5 Å². The predicted molar refractivity (Wildman–Crippen MR) is 91.3 cm³/mol. The molecule has 0 bridgehead atoms. The quantitative estimate of drug-likeness (QED) is 0.707. The van der Waals surface area contributed by atoms with E-state index in [1.54, 1.807) is 19.5 Å². The molecule has 5 nitrogen and oxygen atoms in total. The maximum atomic E-state index is 5.65. The van der Waals surface area contributed by atoms with Gasteiger partial charge in [0.05, 0.1) is 13.3 Å². The Kier molecular flexibility index (Phi) is 4.57. The molecule has 0 aliphatic carbocycles. The molecule has 0 saturated heterocycles. The van der Waals surface area contributed by atoms with Gasteiger partial charge in [0.1, 0.15) is 23.6 Å². The monoisotopic (exact) mass is 309 g/mol. The molecule has 1 N–H and O–H groups in total. The lowest BCUT2D eigenvalue weighted by Gasteiger charge is -2.13. The summed E-state index contributed by atoms with van der Waals surface area (Å²) in [6, 6.07) is 11.7. The molecular formula is C18H19N3O2. The highest BCUT2D eigenvalue weighted by molar-refractivity contribution is 5.95. The third-order valence-electron chi connectivity index (χ3n) is 3.47. The average Bonchev–Trinajstić information content (AvgIpc) is 2.59. The summed E-state index contributed by atoms with van der Waals surface area (Å²) >= 11 is 0. The summed E-state index contributed by atoms with van der Waals surface area (Å²) in [5.74, 6) is 1.55. The van der Waals surface area contributed by atoms with E-state index in [4.69, 9.17) is 9.47 Å². The van der Waals surface area contributed by atoms with Gasteiger partial charge >= 0.3 is 0 Å². The van der Waals surface area contributed by atoms with Crippen LogP contribution in [-0.4, -0.2) is 30.2 Å². The molecule has 23 heavy (non-hydrogen) atoms. The molecule has 0 aliphatic rings. The molecule has 0 amide bonds. The van der Waals surface area contributed by atoms with Crippen molar-refractivity contribution in [1.29, 1.82) is 0 Å². The second kappa shape index (κ2) is 6.96. The van der Waals surface area contributed by atoms with E-state index in [1.165, 1.54) is 0 Å². The molecule has 0 atom stereocenters. The van der Waals surface area contributed by atoms with Crippen molar-refractivity contribution >= 4 is 16.6 Å². The van der Waals surface area contributed by atoms with Crippen molar-refractivity contribution in [2.24, 2.45) is 0 Å². The van der Waals surface area contributed by atoms with Crippen LogP contribution in [0.5, 0.6) is 11.5 Å². The number of nitrogens with one attached hydrogen (secondary N) is 1. The van der Waals surface area contributed by atoms with E-state index in [1.807, 2.05) is 43.3 Å². The molecule has 0 fully saturated rings. The Morgan fingerprint density at radius 1 is 1.17 bits per heavy atom. The number of hydrogen-bond acceptors (Lipinski definition) is 5. The number of anilines is 1. The number of aromatic nitrogens is 2. The third-order valence-corrected chi connectivity index (χ3v) is 3.47. The van der Waals surface area contributed by atoms with Crippen LogP contribution in [0.15, 0.2) is 48.8 Å². The number of methoxy groups -OCH3 is 1. The van der Waals surface area contributed by atoms with Crippen molar-refractivity contribution < 1.29 is 9.47 Å². The number of ether oxygens (including phenoxy) is 2. The van der Waals surface area contributed by atoms with Crippen LogP contribution in [-0.2, 0) is 0 Å². The van der Waals surface area contributed by atoms with Gasteiger partial charge in [-0.3, -0.25) is 4.98 Å². The maximum Gasteiger partial charge on any atom is 0.145 e. The predicted octanol–water partition coefficient (Wildman–Crippen LogP) is 3.44. The van der Waals surface area contributed by atoms with Crippen LogP contribution in [0.3, 0.4) is 0 Å². The van der Waals surface area contributed by atoms with Gasteiger partial charge in [-0.2, -0.15) is 0 Å². The van der Waals surface area contributed by atoms with Crippen LogP contribution in [0.2, 0.25) is 0 Å². The van der Waals surface area contributed by atoms with Crippen LogP contribution >= 0.6 is 0 Å². The summed E-state index contributed by atoms with van der Waals surface area (Å²) in [5.41, 5.74) is 2.84. The van der Waals surface area contributed by atoms with E-state index < -0.39 is 0 Å². The highest BCUT2D eigenvalue weighted by atomic mass is 16.5. The molecule has 5 heteroatoms. The Morgan fingerprint density at radius 2 is 2.09 bits per heavy atom. The van der Waals surface area contributed by atoms with E-state index in [9.17, 15) is 0 Å². The molecule has 0 radical (unpaired) electrons. The zero-order valence-corrected chi connectivity index (χ0v) is 13.2. The summed E-state index contributed by atoms with van der Waals surface area (Å²) < 4.78 is 11.0. The second-order valence-electron chi connectivity index (χ2n) is 5.13. The first-order valence-electron chi connectivity index (χ1n) is 7.49. The van der Waals surface area contributed by atoms with Gasteiger partial charge in [-0.05, 0) is 31.2 Å². The van der Waals surface area contributed by atoms with Gasteiger partial charge in [0.25, 0.3) is 0 Å². The van der Waals surface area contributed by atoms with Gasteiger partial charge < -0.3 is 14.8 Å². The van der Waals surface area contributed by atoms with Gasteiger partial charge in [-0.1, -0.05) is 12.1 Å². The third kappa shape index (κ3) is 3.51. The number of hydrogen-bond donors (Lipinski definition) is 1. The lowest BCUT2D eigenvalue weighted by Crippen LogP contribution is -2.12. The topological polar surface area (TPSA) is 56.3 Å². The fourth-order valence-electron chi connectivity index (χ4n) is 2.45. The van der Waals surface area contributed by atoms with E-state index in [0.717, 1.165) is 33.8 Å². The van der Waals surface area contributed by atoms with Crippen LogP contribution < -0.4 is 14.8 Å². The van der Waals surface area contributed by atoms with E-state index >= 15 is 0 Å². The number of fused-ring (bicyclic) bond motifs is 1. The summed E-state index contributed by atoms with van der Waals surface area (Å²) in [7, 11) is 1.66. The number of aryl methyl sites for hydroxylation is 1. The highest BCUT2D eigenvalue weighted by Crippen LogP contribution is 2.29. The van der Waals surface area contributed by atoms with Gasteiger partial charge in [-0.25, -0.2) is 4.98 Å². The van der Waals surface area contributed by atoms with Gasteiger partial charge in [0, 0.05) is 29.5 Å². The molecule has 0 spiro atoms. The van der Waals surface area contributed by atoms with Gasteiger partial charge in [0.2, 0.25) is 0 Å². The average molecular weight is 309 g/mol. The first kappa shape index (κ1) is 15.1. The number of nitrogens with zero attached hydrogens (tertiary/aromatic N) is 2. The Morgan fingerprint density at radius 3 is 2.87 bits per heavy atom. The van der Waals surface area contributed by atoms with E-state index in [2.05, 4.69) is 15.3 Å². The summed E-state index contributed by atoms with van der Waals surface area (Å²) in [6.45, 7) is 3.21. The van der Waals surface area contributed by atoms with E-state index in [-0.39, 0.29) is 0 Å². The van der Waals surface area contributed by atoms with Crippen LogP contribution in [0.25, 0.3) is 10.9 Å². The first-order valence-corrected chi connectivity index (χ1v) is 7.49. The first-order chi connectivity index (χ1) is 11.3. The van der Waals surface area contributed by atoms with Crippen molar-refractivity contribution in [3.05, 3.63) is 54.5 Å². The molecular weight excluding hydrogens is 290 g/mol. The van der Waals surface area contributed by atoms with Crippen LogP contribution in [0, 0.1) is 6.92 Å². The maximum absolute atomic E-state index is 5.65. The molecule has 3 aromatic rings. The molecule has 1 aromatic carbocycles. The van der Waals surface area contributed by atoms with Crippen molar-refractivity contribution in [2.75, 3.05) is 25.6 Å².